The molecule has 100 valence electrons. The fourth-order valence-electron chi connectivity index (χ4n) is 2.92. The molecular formula is C15H17NO3. The molecule has 1 aromatic rings. The molecule has 0 N–H and O–H groups in total. The van der Waals surface area contributed by atoms with Crippen LogP contribution in [0.1, 0.15) is 18.4 Å². The summed E-state index contributed by atoms with van der Waals surface area (Å²) in [6.45, 7) is 1.15. The highest BCUT2D eigenvalue weighted by Crippen LogP contribution is 2.38. The highest BCUT2D eigenvalue weighted by atomic mass is 16.6. The smallest absolute Gasteiger partial charge is 0.410 e. The number of cyclic esters (lactones) is 1. The minimum Gasteiger partial charge on any atom is -0.501 e. The first-order chi connectivity index (χ1) is 9.31. The van der Waals surface area contributed by atoms with Gasteiger partial charge in [-0.05, 0) is 12.0 Å². The van der Waals surface area contributed by atoms with E-state index in [1.165, 1.54) is 0 Å². The lowest BCUT2D eigenvalue weighted by atomic mass is 10.00. The van der Waals surface area contributed by atoms with E-state index in [4.69, 9.17) is 9.47 Å². The standard InChI is InChI=1S/C15H17NO3/c1-18-13-8-7-12(16-9-10-19-15(16)17)14(13)11-5-3-2-4-6-11/h2-6,12H,7-10H2,1H3. The maximum atomic E-state index is 11.8. The zero-order chi connectivity index (χ0) is 13.2. The molecule has 0 saturated carbocycles. The van der Waals surface area contributed by atoms with Crippen LogP contribution < -0.4 is 0 Å². The molecule has 1 amide bonds. The van der Waals surface area contributed by atoms with Crippen molar-refractivity contribution in [1.29, 1.82) is 0 Å². The van der Waals surface area contributed by atoms with Crippen molar-refractivity contribution in [2.24, 2.45) is 0 Å². The fraction of sp³-hybridized carbons (Fsp3) is 0.400. The number of allylic oxidation sites excluding steroid dienone is 1. The van der Waals surface area contributed by atoms with Crippen LogP contribution in [0.15, 0.2) is 36.1 Å². The Hall–Kier alpha value is -1.97. The Balaban J connectivity index is 1.98. The molecule has 2 aliphatic rings. The molecule has 1 unspecified atom stereocenters. The third-order valence-corrected chi connectivity index (χ3v) is 3.78. The van der Waals surface area contributed by atoms with Crippen LogP contribution in [-0.4, -0.2) is 37.3 Å². The number of amides is 1. The van der Waals surface area contributed by atoms with Crippen LogP contribution >= 0.6 is 0 Å². The van der Waals surface area contributed by atoms with E-state index in [1.807, 2.05) is 23.1 Å². The summed E-state index contributed by atoms with van der Waals surface area (Å²) in [5.41, 5.74) is 2.25. The second-order valence-electron chi connectivity index (χ2n) is 4.77. The number of hydrogen-bond donors (Lipinski definition) is 0. The molecular weight excluding hydrogens is 242 g/mol. The summed E-state index contributed by atoms with van der Waals surface area (Å²) in [4.78, 5) is 13.6. The summed E-state index contributed by atoms with van der Waals surface area (Å²) in [5.74, 6) is 0.982. The second kappa shape index (κ2) is 4.96. The summed E-state index contributed by atoms with van der Waals surface area (Å²) >= 11 is 0. The van der Waals surface area contributed by atoms with E-state index in [0.717, 1.165) is 29.7 Å². The molecule has 1 saturated heterocycles. The Morgan fingerprint density at radius 2 is 2.11 bits per heavy atom. The van der Waals surface area contributed by atoms with E-state index < -0.39 is 0 Å². The van der Waals surface area contributed by atoms with E-state index in [-0.39, 0.29) is 12.1 Å². The number of hydrogen-bond acceptors (Lipinski definition) is 3. The molecule has 0 aromatic heterocycles. The van der Waals surface area contributed by atoms with Gasteiger partial charge in [0.05, 0.1) is 19.7 Å². The lowest BCUT2D eigenvalue weighted by Gasteiger charge is -2.24. The fourth-order valence-corrected chi connectivity index (χ4v) is 2.92. The topological polar surface area (TPSA) is 38.8 Å². The summed E-state index contributed by atoms with van der Waals surface area (Å²) < 4.78 is 10.6. The maximum Gasteiger partial charge on any atom is 0.410 e. The Morgan fingerprint density at radius 1 is 1.32 bits per heavy atom. The molecule has 4 heteroatoms. The molecule has 19 heavy (non-hydrogen) atoms. The van der Waals surface area contributed by atoms with E-state index in [0.29, 0.717) is 13.2 Å². The number of nitrogens with zero attached hydrogens (tertiary/aromatic N) is 1. The minimum atomic E-state index is -0.212. The highest BCUT2D eigenvalue weighted by Gasteiger charge is 2.37. The molecule has 3 rings (SSSR count). The number of carbonyl (C=O) groups is 1. The Morgan fingerprint density at radius 3 is 2.74 bits per heavy atom. The number of carbonyl (C=O) groups excluding carboxylic acids is 1. The summed E-state index contributed by atoms with van der Waals surface area (Å²) in [6.07, 6.45) is 1.56. The van der Waals surface area contributed by atoms with Gasteiger partial charge in [-0.15, -0.1) is 0 Å². The van der Waals surface area contributed by atoms with E-state index >= 15 is 0 Å². The van der Waals surface area contributed by atoms with Crippen LogP contribution in [0.5, 0.6) is 0 Å². The van der Waals surface area contributed by atoms with Gasteiger partial charge >= 0.3 is 6.09 Å². The van der Waals surface area contributed by atoms with Crippen LogP contribution in [0.3, 0.4) is 0 Å². The second-order valence-corrected chi connectivity index (χ2v) is 4.77. The van der Waals surface area contributed by atoms with Crippen LogP contribution in [0.25, 0.3) is 5.57 Å². The summed E-state index contributed by atoms with van der Waals surface area (Å²) in [5, 5.41) is 0. The average molecular weight is 259 g/mol. The lowest BCUT2D eigenvalue weighted by molar-refractivity contribution is 0.153. The SMILES string of the molecule is COC1=C(c2ccccc2)C(N2CCOC2=O)CC1. The Bertz CT molecular complexity index is 509. The molecule has 1 heterocycles. The zero-order valence-corrected chi connectivity index (χ0v) is 11.0. The molecule has 0 bridgehead atoms. The Kier molecular flexibility index (Phi) is 3.15. The summed E-state index contributed by atoms with van der Waals surface area (Å²) in [6, 6.07) is 10.2. The van der Waals surface area contributed by atoms with Crippen molar-refractivity contribution >= 4 is 11.7 Å². The minimum absolute atomic E-state index is 0.0762. The molecule has 1 fully saturated rings. The van der Waals surface area contributed by atoms with E-state index in [9.17, 15) is 4.79 Å². The van der Waals surface area contributed by atoms with Gasteiger partial charge in [0.25, 0.3) is 0 Å². The van der Waals surface area contributed by atoms with Gasteiger partial charge in [0.15, 0.2) is 0 Å². The molecule has 1 aliphatic carbocycles. The third-order valence-electron chi connectivity index (χ3n) is 3.78. The van der Waals surface area contributed by atoms with Crippen molar-refractivity contribution in [3.8, 4) is 0 Å². The van der Waals surface area contributed by atoms with Crippen LogP contribution in [0.4, 0.5) is 4.79 Å². The first-order valence-electron chi connectivity index (χ1n) is 6.57. The predicted octanol–water partition coefficient (Wildman–Crippen LogP) is 2.66. The normalized spacial score (nSPS) is 22.9. The monoisotopic (exact) mass is 259 g/mol. The van der Waals surface area contributed by atoms with Gasteiger partial charge in [-0.3, -0.25) is 4.90 Å². The van der Waals surface area contributed by atoms with Gasteiger partial charge in [0.2, 0.25) is 0 Å². The van der Waals surface area contributed by atoms with Crippen molar-refractivity contribution in [3.05, 3.63) is 41.7 Å². The van der Waals surface area contributed by atoms with E-state index in [2.05, 4.69) is 12.1 Å². The van der Waals surface area contributed by atoms with Gasteiger partial charge in [0.1, 0.15) is 12.4 Å². The van der Waals surface area contributed by atoms with Crippen LogP contribution in [0, 0.1) is 0 Å². The van der Waals surface area contributed by atoms with Crippen molar-refractivity contribution in [3.63, 3.8) is 0 Å². The van der Waals surface area contributed by atoms with E-state index in [1.54, 1.807) is 7.11 Å². The molecule has 0 spiro atoms. The van der Waals surface area contributed by atoms with Gasteiger partial charge in [-0.1, -0.05) is 30.3 Å². The molecule has 4 nitrogen and oxygen atoms in total. The Labute approximate surface area is 112 Å². The molecule has 1 aliphatic heterocycles. The lowest BCUT2D eigenvalue weighted by Crippen LogP contribution is -2.35. The van der Waals surface area contributed by atoms with Crippen molar-refractivity contribution in [2.75, 3.05) is 20.3 Å². The summed E-state index contributed by atoms with van der Waals surface area (Å²) in [7, 11) is 1.70. The van der Waals surface area contributed by atoms with Crippen molar-refractivity contribution < 1.29 is 14.3 Å². The number of methoxy groups -OCH3 is 1. The van der Waals surface area contributed by atoms with Gasteiger partial charge < -0.3 is 9.47 Å². The van der Waals surface area contributed by atoms with Gasteiger partial charge in [-0.25, -0.2) is 4.79 Å². The van der Waals surface area contributed by atoms with Crippen molar-refractivity contribution in [1.82, 2.24) is 4.90 Å². The molecule has 0 radical (unpaired) electrons. The number of rotatable bonds is 3. The largest absolute Gasteiger partial charge is 0.501 e. The van der Waals surface area contributed by atoms with Gasteiger partial charge in [0, 0.05) is 12.0 Å². The molecule has 1 atom stereocenters. The third kappa shape index (κ3) is 2.07. The highest BCUT2D eigenvalue weighted by molar-refractivity contribution is 5.79. The van der Waals surface area contributed by atoms with Crippen molar-refractivity contribution in [2.45, 2.75) is 18.9 Å². The van der Waals surface area contributed by atoms with Crippen LogP contribution in [0.2, 0.25) is 0 Å². The zero-order valence-electron chi connectivity index (χ0n) is 11.0. The quantitative estimate of drug-likeness (QED) is 0.837. The first-order valence-corrected chi connectivity index (χ1v) is 6.57. The maximum absolute atomic E-state index is 11.8. The van der Waals surface area contributed by atoms with Crippen LogP contribution in [-0.2, 0) is 9.47 Å². The average Bonchev–Trinajstić information content (AvgIpc) is 3.05. The number of ether oxygens (including phenoxy) is 2. The number of benzene rings is 1. The predicted molar refractivity (Wildman–Crippen MR) is 71.4 cm³/mol. The van der Waals surface area contributed by atoms with Gasteiger partial charge in [-0.2, -0.15) is 0 Å². The first kappa shape index (κ1) is 12.1. The molecule has 1 aromatic carbocycles.